The lowest BCUT2D eigenvalue weighted by Gasteiger charge is -2.35. The van der Waals surface area contributed by atoms with Gasteiger partial charge in [-0.05, 0) is 23.6 Å². The van der Waals surface area contributed by atoms with Crippen LogP contribution in [-0.4, -0.2) is 64.0 Å². The number of nitrogens with zero attached hydrogens (tertiary/aromatic N) is 2. The van der Waals surface area contributed by atoms with E-state index in [2.05, 4.69) is 18.7 Å². The van der Waals surface area contributed by atoms with Crippen LogP contribution in [0, 0.1) is 11.7 Å². The molecule has 144 valence electrons. The van der Waals surface area contributed by atoms with E-state index in [1.807, 2.05) is 11.0 Å². The maximum absolute atomic E-state index is 13.1. The minimum absolute atomic E-state index is 0.187. The Hall–Kier alpha value is -2.48. The number of aliphatic carboxylic acids is 2. The second-order valence-electron chi connectivity index (χ2n) is 6.50. The summed E-state index contributed by atoms with van der Waals surface area (Å²) in [6, 6.07) is 6.73. The third-order valence-corrected chi connectivity index (χ3v) is 3.79. The highest BCUT2D eigenvalue weighted by Gasteiger charge is 2.21. The number of piperazine rings is 1. The molecule has 7 nitrogen and oxygen atoms in total. The molecule has 0 saturated carbocycles. The van der Waals surface area contributed by atoms with E-state index in [1.54, 1.807) is 12.1 Å². The molecule has 0 aliphatic carbocycles. The van der Waals surface area contributed by atoms with Gasteiger partial charge in [0, 0.05) is 39.1 Å². The van der Waals surface area contributed by atoms with Crippen LogP contribution < -0.4 is 0 Å². The molecule has 1 aromatic rings. The third kappa shape index (κ3) is 8.06. The lowest BCUT2D eigenvalue weighted by atomic mass is 10.1. The van der Waals surface area contributed by atoms with Gasteiger partial charge in [0.05, 0.1) is 0 Å². The van der Waals surface area contributed by atoms with Crippen molar-refractivity contribution >= 4 is 17.8 Å². The van der Waals surface area contributed by atoms with Crippen molar-refractivity contribution in [2.45, 2.75) is 26.8 Å². The molecule has 0 bridgehead atoms. The van der Waals surface area contributed by atoms with E-state index >= 15 is 0 Å². The summed E-state index contributed by atoms with van der Waals surface area (Å²) < 4.78 is 13.1. The minimum Gasteiger partial charge on any atom is -0.473 e. The van der Waals surface area contributed by atoms with Crippen molar-refractivity contribution in [2.75, 3.05) is 26.2 Å². The molecule has 1 fully saturated rings. The molecular formula is C18H25FN2O5. The first-order valence-electron chi connectivity index (χ1n) is 8.39. The number of carboxylic acid groups (broad SMARTS) is 2. The summed E-state index contributed by atoms with van der Waals surface area (Å²) in [5, 5.41) is 14.8. The van der Waals surface area contributed by atoms with Gasteiger partial charge < -0.3 is 15.1 Å². The molecule has 0 atom stereocenters. The van der Waals surface area contributed by atoms with Crippen LogP contribution in [0.5, 0.6) is 0 Å². The molecule has 0 spiro atoms. The Morgan fingerprint density at radius 2 is 1.65 bits per heavy atom. The first kappa shape index (κ1) is 21.6. The highest BCUT2D eigenvalue weighted by Crippen LogP contribution is 2.12. The Morgan fingerprint density at radius 3 is 2.12 bits per heavy atom. The highest BCUT2D eigenvalue weighted by atomic mass is 19.1. The van der Waals surface area contributed by atoms with E-state index in [9.17, 15) is 9.18 Å². The monoisotopic (exact) mass is 368 g/mol. The van der Waals surface area contributed by atoms with Gasteiger partial charge in [-0.1, -0.05) is 26.0 Å². The zero-order valence-corrected chi connectivity index (χ0v) is 15.0. The van der Waals surface area contributed by atoms with E-state index in [1.165, 1.54) is 6.07 Å². The van der Waals surface area contributed by atoms with Gasteiger partial charge in [0.2, 0.25) is 5.91 Å². The molecule has 0 aromatic heterocycles. The van der Waals surface area contributed by atoms with E-state index < -0.39 is 11.9 Å². The van der Waals surface area contributed by atoms with Gasteiger partial charge in [-0.15, -0.1) is 0 Å². The van der Waals surface area contributed by atoms with Crippen LogP contribution in [0.3, 0.4) is 0 Å². The summed E-state index contributed by atoms with van der Waals surface area (Å²) in [6.45, 7) is 8.17. The Morgan fingerprint density at radius 1 is 1.08 bits per heavy atom. The number of carboxylic acids is 2. The quantitative estimate of drug-likeness (QED) is 0.785. The van der Waals surface area contributed by atoms with Crippen LogP contribution in [-0.2, 0) is 20.9 Å². The minimum atomic E-state index is -1.82. The molecule has 2 rings (SSSR count). The van der Waals surface area contributed by atoms with E-state index in [0.717, 1.165) is 38.3 Å². The second-order valence-corrected chi connectivity index (χ2v) is 6.50. The number of carbonyl (C=O) groups is 3. The first-order valence-corrected chi connectivity index (χ1v) is 8.39. The molecule has 1 aliphatic rings. The van der Waals surface area contributed by atoms with Crippen molar-refractivity contribution in [3.63, 3.8) is 0 Å². The largest absolute Gasteiger partial charge is 0.473 e. The average molecular weight is 368 g/mol. The average Bonchev–Trinajstić information content (AvgIpc) is 2.55. The Bertz CT molecular complexity index is 616. The lowest BCUT2D eigenvalue weighted by Crippen LogP contribution is -2.48. The number of hydrogen-bond donors (Lipinski definition) is 2. The molecule has 2 N–H and O–H groups in total. The fourth-order valence-electron chi connectivity index (χ4n) is 2.53. The SMILES string of the molecule is CC(C)CC(=O)N1CCN(Cc2cccc(F)c2)CC1.O=C(O)C(=O)O. The van der Waals surface area contributed by atoms with Gasteiger partial charge in [0.25, 0.3) is 0 Å². The number of carbonyl (C=O) groups excluding carboxylic acids is 1. The smallest absolute Gasteiger partial charge is 0.414 e. The van der Waals surface area contributed by atoms with Crippen molar-refractivity contribution < 1.29 is 29.0 Å². The van der Waals surface area contributed by atoms with Crippen molar-refractivity contribution in [2.24, 2.45) is 5.92 Å². The van der Waals surface area contributed by atoms with Crippen molar-refractivity contribution in [3.8, 4) is 0 Å². The molecule has 1 heterocycles. The number of rotatable bonds is 4. The summed E-state index contributed by atoms with van der Waals surface area (Å²) in [5.41, 5.74) is 0.993. The van der Waals surface area contributed by atoms with Crippen LogP contribution in [0.2, 0.25) is 0 Å². The number of benzene rings is 1. The van der Waals surface area contributed by atoms with Gasteiger partial charge >= 0.3 is 11.9 Å². The number of hydrogen-bond acceptors (Lipinski definition) is 4. The van der Waals surface area contributed by atoms with Crippen molar-refractivity contribution in [3.05, 3.63) is 35.6 Å². The van der Waals surface area contributed by atoms with Gasteiger partial charge in [-0.25, -0.2) is 14.0 Å². The number of amides is 1. The van der Waals surface area contributed by atoms with Gasteiger partial charge in [0.15, 0.2) is 0 Å². The normalized spacial score (nSPS) is 14.5. The first-order chi connectivity index (χ1) is 12.2. The van der Waals surface area contributed by atoms with Crippen molar-refractivity contribution in [1.82, 2.24) is 9.80 Å². The van der Waals surface area contributed by atoms with Crippen LogP contribution in [0.1, 0.15) is 25.8 Å². The van der Waals surface area contributed by atoms with E-state index in [4.69, 9.17) is 19.8 Å². The zero-order chi connectivity index (χ0) is 19.7. The molecule has 1 saturated heterocycles. The summed E-state index contributed by atoms with van der Waals surface area (Å²) in [6.07, 6.45) is 0.629. The maximum Gasteiger partial charge on any atom is 0.414 e. The fraction of sp³-hybridized carbons (Fsp3) is 0.500. The Balaban J connectivity index is 0.000000487. The molecule has 1 aromatic carbocycles. The van der Waals surface area contributed by atoms with Crippen LogP contribution in [0.4, 0.5) is 4.39 Å². The summed E-state index contributed by atoms with van der Waals surface area (Å²) >= 11 is 0. The number of halogens is 1. The lowest BCUT2D eigenvalue weighted by molar-refractivity contribution is -0.159. The molecule has 26 heavy (non-hydrogen) atoms. The Kier molecular flexibility index (Phi) is 8.71. The highest BCUT2D eigenvalue weighted by molar-refractivity contribution is 6.27. The van der Waals surface area contributed by atoms with Gasteiger partial charge in [0.1, 0.15) is 5.82 Å². The maximum atomic E-state index is 13.1. The predicted molar refractivity (Wildman–Crippen MR) is 93.0 cm³/mol. The molecule has 8 heteroatoms. The fourth-order valence-corrected chi connectivity index (χ4v) is 2.53. The summed E-state index contributed by atoms with van der Waals surface area (Å²) in [7, 11) is 0. The Labute approximate surface area is 152 Å². The molecular weight excluding hydrogens is 343 g/mol. The van der Waals surface area contributed by atoms with Crippen LogP contribution in [0.25, 0.3) is 0 Å². The van der Waals surface area contributed by atoms with Crippen LogP contribution >= 0.6 is 0 Å². The van der Waals surface area contributed by atoms with E-state index in [0.29, 0.717) is 12.3 Å². The third-order valence-electron chi connectivity index (χ3n) is 3.79. The summed E-state index contributed by atoms with van der Waals surface area (Å²) in [4.78, 5) is 34.4. The predicted octanol–water partition coefficient (Wildman–Crippen LogP) is 1.67. The van der Waals surface area contributed by atoms with Gasteiger partial charge in [-0.2, -0.15) is 0 Å². The molecule has 1 aliphatic heterocycles. The van der Waals surface area contributed by atoms with E-state index in [-0.39, 0.29) is 11.7 Å². The summed E-state index contributed by atoms with van der Waals surface area (Å²) in [5.74, 6) is -3.17. The molecule has 0 radical (unpaired) electrons. The van der Waals surface area contributed by atoms with Crippen molar-refractivity contribution in [1.29, 1.82) is 0 Å². The standard InChI is InChI=1S/C16H23FN2O.C2H2O4/c1-13(2)10-16(20)19-8-6-18(7-9-19)12-14-4-3-5-15(17)11-14;3-1(4)2(5)6/h3-5,11,13H,6-10,12H2,1-2H3;(H,3,4)(H,5,6). The molecule has 0 unspecified atom stereocenters. The topological polar surface area (TPSA) is 98.2 Å². The van der Waals surface area contributed by atoms with Gasteiger partial charge in [-0.3, -0.25) is 9.69 Å². The molecule has 1 amide bonds. The zero-order valence-electron chi connectivity index (χ0n) is 15.0. The second kappa shape index (κ2) is 10.5. The van der Waals surface area contributed by atoms with Crippen LogP contribution in [0.15, 0.2) is 24.3 Å².